The molecule has 0 saturated heterocycles. The summed E-state index contributed by atoms with van der Waals surface area (Å²) in [4.78, 5) is 0. The van der Waals surface area contributed by atoms with E-state index >= 15 is 0 Å². The van der Waals surface area contributed by atoms with Gasteiger partial charge in [0.15, 0.2) is 0 Å². The van der Waals surface area contributed by atoms with Crippen molar-refractivity contribution < 1.29 is 4.74 Å². The summed E-state index contributed by atoms with van der Waals surface area (Å²) in [6, 6.07) is 5.82. The number of para-hydroxylation sites is 1. The van der Waals surface area contributed by atoms with Crippen LogP contribution in [0.2, 0.25) is 0 Å². The van der Waals surface area contributed by atoms with E-state index in [-0.39, 0.29) is 0 Å². The average Bonchev–Trinajstić information content (AvgIpc) is 3.23. The van der Waals surface area contributed by atoms with Gasteiger partial charge in [-0.05, 0) is 116 Å². The number of hydrogen-bond donors (Lipinski definition) is 2. The summed E-state index contributed by atoms with van der Waals surface area (Å²) in [5.41, 5.74) is 15.6. The number of rotatable bonds is 9. The minimum atomic E-state index is 0.557. The molecule has 37 heavy (non-hydrogen) atoms. The van der Waals surface area contributed by atoms with Gasteiger partial charge in [-0.3, -0.25) is 0 Å². The van der Waals surface area contributed by atoms with E-state index in [1.165, 1.54) is 77.0 Å². The summed E-state index contributed by atoms with van der Waals surface area (Å²) in [5, 5.41) is 0. The standard InChI is InChI=1S/C34H56N2O/c1-23(21-37-22-25-11-8-13-31(35)32(25)36)9-7-10-24(2)28-16-17-29-27-15-14-26-12-5-6-19-33(26,3)30(27)18-20-34(28,29)4/h8,11,13,23-24,26-30H,5-7,9-10,12,14-22,35-36H2,1-4H3/t23?,24-,26?,27+,28-,29+,30+,33+,34-/m1/s1. The molecule has 4 fully saturated rings. The third-order valence-electron chi connectivity index (χ3n) is 12.6. The summed E-state index contributed by atoms with van der Waals surface area (Å²) in [6.45, 7) is 11.7. The molecule has 4 aliphatic rings. The predicted molar refractivity (Wildman–Crippen MR) is 157 cm³/mol. The van der Waals surface area contributed by atoms with Gasteiger partial charge in [-0.25, -0.2) is 0 Å². The number of hydrogen-bond acceptors (Lipinski definition) is 3. The highest BCUT2D eigenvalue weighted by molar-refractivity contribution is 5.66. The van der Waals surface area contributed by atoms with Crippen molar-refractivity contribution in [2.75, 3.05) is 18.1 Å². The van der Waals surface area contributed by atoms with Crippen molar-refractivity contribution in [1.82, 2.24) is 0 Å². The van der Waals surface area contributed by atoms with Crippen LogP contribution in [0.15, 0.2) is 18.2 Å². The molecule has 0 amide bonds. The van der Waals surface area contributed by atoms with E-state index in [9.17, 15) is 0 Å². The Morgan fingerprint density at radius 1 is 0.892 bits per heavy atom. The maximum atomic E-state index is 6.10. The van der Waals surface area contributed by atoms with Gasteiger partial charge >= 0.3 is 0 Å². The molecule has 0 aromatic heterocycles. The van der Waals surface area contributed by atoms with Crippen molar-refractivity contribution in [3.05, 3.63) is 23.8 Å². The molecule has 5 rings (SSSR count). The second-order valence-corrected chi connectivity index (χ2v) is 14.6. The lowest BCUT2D eigenvalue weighted by molar-refractivity contribution is -0.114. The molecule has 2 unspecified atom stereocenters. The first-order chi connectivity index (χ1) is 17.7. The van der Waals surface area contributed by atoms with Crippen molar-refractivity contribution in [2.45, 2.75) is 118 Å². The summed E-state index contributed by atoms with van der Waals surface area (Å²) >= 11 is 0. The Hall–Kier alpha value is -1.22. The molecular formula is C34H56N2O. The second-order valence-electron chi connectivity index (χ2n) is 14.6. The topological polar surface area (TPSA) is 61.3 Å². The van der Waals surface area contributed by atoms with Crippen LogP contribution in [0.5, 0.6) is 0 Å². The van der Waals surface area contributed by atoms with Crippen molar-refractivity contribution in [2.24, 2.45) is 52.3 Å². The van der Waals surface area contributed by atoms with Crippen LogP contribution in [0.25, 0.3) is 0 Å². The fourth-order valence-electron chi connectivity index (χ4n) is 10.5. The van der Waals surface area contributed by atoms with Crippen LogP contribution < -0.4 is 11.5 Å². The zero-order valence-corrected chi connectivity index (χ0v) is 24.4. The highest BCUT2D eigenvalue weighted by Crippen LogP contribution is 2.68. The van der Waals surface area contributed by atoms with Gasteiger partial charge in [0.2, 0.25) is 0 Å². The van der Waals surface area contributed by atoms with Crippen LogP contribution in [-0.2, 0) is 11.3 Å². The first-order valence-corrected chi connectivity index (χ1v) is 15.9. The maximum Gasteiger partial charge on any atom is 0.0737 e. The Morgan fingerprint density at radius 2 is 1.70 bits per heavy atom. The lowest BCUT2D eigenvalue weighted by Crippen LogP contribution is -2.53. The molecule has 1 aromatic rings. The zero-order valence-electron chi connectivity index (χ0n) is 24.4. The molecule has 0 heterocycles. The van der Waals surface area contributed by atoms with Crippen LogP contribution in [0, 0.1) is 52.3 Å². The van der Waals surface area contributed by atoms with Gasteiger partial charge < -0.3 is 16.2 Å². The van der Waals surface area contributed by atoms with Crippen LogP contribution in [0.3, 0.4) is 0 Å². The number of nitrogen functional groups attached to an aromatic ring is 2. The van der Waals surface area contributed by atoms with E-state index < -0.39 is 0 Å². The number of anilines is 2. The van der Waals surface area contributed by atoms with E-state index in [1.54, 1.807) is 6.42 Å². The van der Waals surface area contributed by atoms with E-state index in [2.05, 4.69) is 27.7 Å². The first-order valence-electron chi connectivity index (χ1n) is 15.9. The monoisotopic (exact) mass is 508 g/mol. The third-order valence-corrected chi connectivity index (χ3v) is 12.6. The number of fused-ring (bicyclic) bond motifs is 5. The van der Waals surface area contributed by atoms with Gasteiger partial charge in [-0.2, -0.15) is 0 Å². The summed E-state index contributed by atoms with van der Waals surface area (Å²) in [6.07, 6.45) is 19.1. The summed E-state index contributed by atoms with van der Waals surface area (Å²) < 4.78 is 6.02. The van der Waals surface area contributed by atoms with Gasteiger partial charge in [0.25, 0.3) is 0 Å². The van der Waals surface area contributed by atoms with Crippen LogP contribution >= 0.6 is 0 Å². The molecule has 3 heteroatoms. The zero-order chi connectivity index (χ0) is 26.2. The molecule has 4 aliphatic carbocycles. The van der Waals surface area contributed by atoms with E-state index in [4.69, 9.17) is 16.2 Å². The Labute approximate surface area is 227 Å². The predicted octanol–water partition coefficient (Wildman–Crippen LogP) is 8.86. The van der Waals surface area contributed by atoms with Crippen LogP contribution in [0.1, 0.15) is 117 Å². The quantitative estimate of drug-likeness (QED) is 0.327. The fraction of sp³-hybridized carbons (Fsp3) is 0.824. The molecule has 9 atom stereocenters. The molecule has 0 aliphatic heterocycles. The first kappa shape index (κ1) is 27.4. The Balaban J connectivity index is 1.09. The van der Waals surface area contributed by atoms with Gasteiger partial charge in [-0.1, -0.05) is 65.5 Å². The summed E-state index contributed by atoms with van der Waals surface area (Å²) in [5.74, 6) is 6.48. The van der Waals surface area contributed by atoms with Gasteiger partial charge in [-0.15, -0.1) is 0 Å². The fourth-order valence-corrected chi connectivity index (χ4v) is 10.5. The average molecular weight is 509 g/mol. The Kier molecular flexibility index (Phi) is 8.21. The van der Waals surface area contributed by atoms with Crippen molar-refractivity contribution in [3.63, 3.8) is 0 Å². The van der Waals surface area contributed by atoms with Crippen molar-refractivity contribution >= 4 is 11.4 Å². The largest absolute Gasteiger partial charge is 0.397 e. The number of nitrogens with two attached hydrogens (primary N) is 2. The van der Waals surface area contributed by atoms with E-state index in [1.807, 2.05) is 18.2 Å². The van der Waals surface area contributed by atoms with Gasteiger partial charge in [0.1, 0.15) is 0 Å². The number of ether oxygens (including phenoxy) is 1. The van der Waals surface area contributed by atoms with Crippen LogP contribution in [0.4, 0.5) is 11.4 Å². The lowest BCUT2D eigenvalue weighted by Gasteiger charge is -2.61. The maximum absolute atomic E-state index is 6.10. The lowest BCUT2D eigenvalue weighted by atomic mass is 9.44. The van der Waals surface area contributed by atoms with Crippen molar-refractivity contribution in [1.29, 1.82) is 0 Å². The van der Waals surface area contributed by atoms with Gasteiger partial charge in [0, 0.05) is 12.2 Å². The molecule has 4 N–H and O–H groups in total. The molecule has 4 saturated carbocycles. The molecule has 3 nitrogen and oxygen atoms in total. The SMILES string of the molecule is CC(CCC[C@@H](C)[C@H]1CC[C@H]2[C@@H]3CCC4CCCC[C@]4(C)[C@H]3CC[C@]12C)COCc1cccc(N)c1N. The number of benzene rings is 1. The van der Waals surface area contributed by atoms with E-state index in [0.29, 0.717) is 34.7 Å². The minimum Gasteiger partial charge on any atom is -0.397 e. The Morgan fingerprint density at radius 3 is 2.54 bits per heavy atom. The molecule has 0 bridgehead atoms. The normalized spacial score (nSPS) is 38.9. The highest BCUT2D eigenvalue weighted by Gasteiger charge is 2.60. The Bertz CT molecular complexity index is 915. The second kappa shape index (κ2) is 11.1. The molecule has 1 aromatic carbocycles. The highest BCUT2D eigenvalue weighted by atomic mass is 16.5. The molecule has 208 valence electrons. The van der Waals surface area contributed by atoms with Gasteiger partial charge in [0.05, 0.1) is 18.0 Å². The smallest absolute Gasteiger partial charge is 0.0737 e. The van der Waals surface area contributed by atoms with E-state index in [0.717, 1.165) is 47.7 Å². The summed E-state index contributed by atoms with van der Waals surface area (Å²) in [7, 11) is 0. The van der Waals surface area contributed by atoms with Crippen molar-refractivity contribution in [3.8, 4) is 0 Å². The van der Waals surface area contributed by atoms with Crippen LogP contribution in [-0.4, -0.2) is 6.61 Å². The molecular weight excluding hydrogens is 452 g/mol. The molecule has 0 radical (unpaired) electrons. The minimum absolute atomic E-state index is 0.557. The molecule has 0 spiro atoms. The third kappa shape index (κ3) is 5.20.